The molecule has 2 atom stereocenters. The number of halogens is 3. The van der Waals surface area contributed by atoms with Gasteiger partial charge in [-0.25, -0.2) is 0 Å². The Morgan fingerprint density at radius 2 is 1.90 bits per heavy atom. The summed E-state index contributed by atoms with van der Waals surface area (Å²) in [5, 5.41) is 3.59. The molecule has 0 saturated carbocycles. The van der Waals surface area contributed by atoms with Gasteiger partial charge in [0.05, 0.1) is 18.2 Å². The number of carbonyl (C=O) groups excluding carboxylic acids is 1. The summed E-state index contributed by atoms with van der Waals surface area (Å²) in [6, 6.07) is 11.0. The van der Waals surface area contributed by atoms with E-state index >= 15 is 0 Å². The lowest BCUT2D eigenvalue weighted by Gasteiger charge is -2.21. The SMILES string of the molecule is COc1cc(-c2cc(OC(C)[C@H]3CNC(=O)C3)c3cccnc3c2)ccc1C(F)(F)F. The standard InChI is InChI=1S/C23H21F3N2O3/c1-13(16-11-22(29)28-12-16)31-20-10-15(8-19-17(20)4-3-7-27-19)14-5-6-18(23(24,25)26)21(9-14)30-2/h3-10,13,16H,11-12H2,1-2H3,(H,28,29)/t13?,16-/m1/s1. The van der Waals surface area contributed by atoms with Gasteiger partial charge >= 0.3 is 6.18 Å². The average Bonchev–Trinajstić information content (AvgIpc) is 3.19. The molecule has 2 aromatic carbocycles. The Hall–Kier alpha value is -3.29. The van der Waals surface area contributed by atoms with Crippen LogP contribution in [0.2, 0.25) is 0 Å². The number of rotatable bonds is 5. The minimum absolute atomic E-state index is 0.00225. The van der Waals surface area contributed by atoms with Crippen LogP contribution in [0.25, 0.3) is 22.0 Å². The summed E-state index contributed by atoms with van der Waals surface area (Å²) >= 11 is 0. The fourth-order valence-corrected chi connectivity index (χ4v) is 3.77. The number of benzene rings is 2. The number of amides is 1. The van der Waals surface area contributed by atoms with Gasteiger partial charge in [-0.2, -0.15) is 13.2 Å². The third-order valence-electron chi connectivity index (χ3n) is 5.51. The van der Waals surface area contributed by atoms with Crippen molar-refractivity contribution in [1.82, 2.24) is 10.3 Å². The first-order chi connectivity index (χ1) is 14.8. The number of carbonyl (C=O) groups is 1. The van der Waals surface area contributed by atoms with Crippen molar-refractivity contribution in [3.8, 4) is 22.6 Å². The number of nitrogens with zero attached hydrogens (tertiary/aromatic N) is 1. The van der Waals surface area contributed by atoms with Crippen LogP contribution in [0, 0.1) is 5.92 Å². The maximum absolute atomic E-state index is 13.2. The number of hydrogen-bond acceptors (Lipinski definition) is 4. The number of alkyl halides is 3. The van der Waals surface area contributed by atoms with Crippen molar-refractivity contribution < 1.29 is 27.4 Å². The summed E-state index contributed by atoms with van der Waals surface area (Å²) in [6.45, 7) is 2.45. The number of hydrogen-bond donors (Lipinski definition) is 1. The van der Waals surface area contributed by atoms with E-state index in [1.165, 1.54) is 19.2 Å². The molecule has 3 aromatic rings. The van der Waals surface area contributed by atoms with E-state index in [0.29, 0.717) is 35.4 Å². The number of aromatic nitrogens is 1. The highest BCUT2D eigenvalue weighted by atomic mass is 19.4. The van der Waals surface area contributed by atoms with Gasteiger partial charge in [-0.05, 0) is 54.4 Å². The van der Waals surface area contributed by atoms with Crippen molar-refractivity contribution in [2.45, 2.75) is 25.6 Å². The molecule has 1 saturated heterocycles. The Bertz CT molecular complexity index is 1130. The maximum Gasteiger partial charge on any atom is 0.419 e. The second-order valence-electron chi connectivity index (χ2n) is 7.55. The van der Waals surface area contributed by atoms with E-state index in [-0.39, 0.29) is 23.7 Å². The molecule has 1 N–H and O–H groups in total. The molecule has 2 heterocycles. The topological polar surface area (TPSA) is 60.5 Å². The summed E-state index contributed by atoms with van der Waals surface area (Å²) in [5.74, 6) is 0.343. The number of pyridine rings is 1. The molecule has 0 spiro atoms. The third-order valence-corrected chi connectivity index (χ3v) is 5.51. The Morgan fingerprint density at radius 3 is 2.58 bits per heavy atom. The van der Waals surface area contributed by atoms with Crippen molar-refractivity contribution in [1.29, 1.82) is 0 Å². The van der Waals surface area contributed by atoms with E-state index in [2.05, 4.69) is 10.3 Å². The molecule has 1 fully saturated rings. The van der Waals surface area contributed by atoms with Crippen LogP contribution in [0.1, 0.15) is 18.9 Å². The van der Waals surface area contributed by atoms with E-state index in [9.17, 15) is 18.0 Å². The molecule has 8 heteroatoms. The lowest BCUT2D eigenvalue weighted by molar-refractivity contribution is -0.138. The molecule has 0 bridgehead atoms. The largest absolute Gasteiger partial charge is 0.496 e. The molecule has 162 valence electrons. The first-order valence-electron chi connectivity index (χ1n) is 9.84. The Morgan fingerprint density at radius 1 is 1.13 bits per heavy atom. The van der Waals surface area contributed by atoms with E-state index in [4.69, 9.17) is 9.47 Å². The van der Waals surface area contributed by atoms with E-state index in [1.54, 1.807) is 24.4 Å². The number of fused-ring (bicyclic) bond motifs is 1. The lowest BCUT2D eigenvalue weighted by Crippen LogP contribution is -2.25. The lowest BCUT2D eigenvalue weighted by atomic mass is 10.00. The summed E-state index contributed by atoms with van der Waals surface area (Å²) in [5.41, 5.74) is 1.02. The van der Waals surface area contributed by atoms with Crippen LogP contribution in [-0.4, -0.2) is 30.6 Å². The van der Waals surface area contributed by atoms with Crippen molar-refractivity contribution in [3.63, 3.8) is 0 Å². The fraction of sp³-hybridized carbons (Fsp3) is 0.304. The van der Waals surface area contributed by atoms with E-state index in [0.717, 1.165) is 11.5 Å². The summed E-state index contributed by atoms with van der Waals surface area (Å²) in [4.78, 5) is 15.9. The molecule has 1 aliphatic heterocycles. The molecular weight excluding hydrogens is 409 g/mol. The normalized spacial score (nSPS) is 17.5. The Balaban J connectivity index is 1.75. The van der Waals surface area contributed by atoms with E-state index in [1.807, 2.05) is 13.0 Å². The molecular formula is C23H21F3N2O3. The van der Waals surface area contributed by atoms with Gasteiger partial charge in [0.1, 0.15) is 17.6 Å². The summed E-state index contributed by atoms with van der Waals surface area (Å²) < 4.78 is 50.9. The molecule has 5 nitrogen and oxygen atoms in total. The van der Waals surface area contributed by atoms with Crippen molar-refractivity contribution in [3.05, 3.63) is 54.2 Å². The molecule has 1 amide bonds. The zero-order valence-electron chi connectivity index (χ0n) is 17.0. The van der Waals surface area contributed by atoms with Crippen LogP contribution >= 0.6 is 0 Å². The minimum Gasteiger partial charge on any atom is -0.496 e. The highest BCUT2D eigenvalue weighted by Gasteiger charge is 2.34. The Labute approximate surface area is 177 Å². The van der Waals surface area contributed by atoms with Crippen LogP contribution in [-0.2, 0) is 11.0 Å². The first kappa shape index (κ1) is 21.0. The van der Waals surface area contributed by atoms with Gasteiger partial charge in [0.25, 0.3) is 0 Å². The predicted molar refractivity (Wildman–Crippen MR) is 110 cm³/mol. The molecule has 0 radical (unpaired) electrons. The van der Waals surface area contributed by atoms with Crippen LogP contribution in [0.4, 0.5) is 13.2 Å². The second kappa shape index (κ2) is 8.09. The van der Waals surface area contributed by atoms with Crippen LogP contribution < -0.4 is 14.8 Å². The van der Waals surface area contributed by atoms with Gasteiger partial charge in [-0.3, -0.25) is 9.78 Å². The minimum atomic E-state index is -4.51. The van der Waals surface area contributed by atoms with Gasteiger partial charge in [0, 0.05) is 30.5 Å². The summed E-state index contributed by atoms with van der Waals surface area (Å²) in [6.07, 6.45) is -2.70. The molecule has 31 heavy (non-hydrogen) atoms. The fourth-order valence-electron chi connectivity index (χ4n) is 3.77. The van der Waals surface area contributed by atoms with Gasteiger partial charge in [-0.1, -0.05) is 6.07 Å². The molecule has 1 unspecified atom stereocenters. The predicted octanol–water partition coefficient (Wildman–Crippen LogP) is 4.83. The highest BCUT2D eigenvalue weighted by molar-refractivity contribution is 5.90. The van der Waals surface area contributed by atoms with Gasteiger partial charge in [0.2, 0.25) is 5.91 Å². The number of ether oxygens (including phenoxy) is 2. The maximum atomic E-state index is 13.2. The van der Waals surface area contributed by atoms with Crippen LogP contribution in [0.5, 0.6) is 11.5 Å². The van der Waals surface area contributed by atoms with Crippen LogP contribution in [0.3, 0.4) is 0 Å². The molecule has 1 aromatic heterocycles. The monoisotopic (exact) mass is 430 g/mol. The van der Waals surface area contributed by atoms with Crippen molar-refractivity contribution >= 4 is 16.8 Å². The van der Waals surface area contributed by atoms with Gasteiger partial charge in [0.15, 0.2) is 0 Å². The van der Waals surface area contributed by atoms with Gasteiger partial charge in [-0.15, -0.1) is 0 Å². The summed E-state index contributed by atoms with van der Waals surface area (Å²) in [7, 11) is 1.21. The number of nitrogens with one attached hydrogen (secondary N) is 1. The first-order valence-corrected chi connectivity index (χ1v) is 9.84. The van der Waals surface area contributed by atoms with Crippen molar-refractivity contribution in [2.24, 2.45) is 5.92 Å². The second-order valence-corrected chi connectivity index (χ2v) is 7.55. The third kappa shape index (κ3) is 4.28. The van der Waals surface area contributed by atoms with E-state index < -0.39 is 11.7 Å². The Kier molecular flexibility index (Phi) is 5.47. The highest BCUT2D eigenvalue weighted by Crippen LogP contribution is 2.40. The quantitative estimate of drug-likeness (QED) is 0.630. The zero-order valence-corrected chi connectivity index (χ0v) is 17.0. The number of methoxy groups -OCH3 is 1. The molecule has 1 aliphatic rings. The molecule has 4 rings (SSSR count). The van der Waals surface area contributed by atoms with Crippen molar-refractivity contribution in [2.75, 3.05) is 13.7 Å². The van der Waals surface area contributed by atoms with Crippen LogP contribution in [0.15, 0.2) is 48.7 Å². The van der Waals surface area contributed by atoms with Gasteiger partial charge < -0.3 is 14.8 Å². The zero-order chi connectivity index (χ0) is 22.2. The average molecular weight is 430 g/mol. The smallest absolute Gasteiger partial charge is 0.419 e. The molecule has 0 aliphatic carbocycles.